The van der Waals surface area contributed by atoms with Gasteiger partial charge in [0.2, 0.25) is 15.9 Å². The van der Waals surface area contributed by atoms with Crippen LogP contribution in [0.4, 0.5) is 17.1 Å². The maximum Gasteiger partial charge on any atom is 0.271 e. The molecular weight excluding hydrogens is 438 g/mol. The number of nitro groups is 1. The Morgan fingerprint density at radius 3 is 2.50 bits per heavy atom. The van der Waals surface area contributed by atoms with Crippen molar-refractivity contribution < 1.29 is 27.6 Å². The molecule has 0 aliphatic carbocycles. The number of hydrogen-bond acceptors (Lipinski definition) is 7. The maximum atomic E-state index is 12.8. The van der Waals surface area contributed by atoms with Gasteiger partial charge in [0, 0.05) is 18.2 Å². The van der Waals surface area contributed by atoms with Crippen molar-refractivity contribution in [2.24, 2.45) is 0 Å². The Hall–Kier alpha value is -3.05. The molecule has 1 aliphatic rings. The van der Waals surface area contributed by atoms with Gasteiger partial charge in [0.05, 0.1) is 27.6 Å². The minimum Gasteiger partial charge on any atom is -0.486 e. The quantitative estimate of drug-likeness (QED) is 0.523. The smallest absolute Gasteiger partial charge is 0.271 e. The molecule has 0 aromatic heterocycles. The number of nitrogens with one attached hydrogen (secondary N) is 1. The third kappa shape index (κ3) is 4.57. The number of fused-ring (bicyclic) bond motifs is 1. The van der Waals surface area contributed by atoms with Crippen LogP contribution in [0.2, 0.25) is 5.02 Å². The van der Waals surface area contributed by atoms with Crippen LogP contribution in [-0.4, -0.2) is 44.8 Å². The van der Waals surface area contributed by atoms with E-state index in [1.807, 2.05) is 0 Å². The summed E-state index contributed by atoms with van der Waals surface area (Å²) in [5.74, 6) is 0.110. The van der Waals surface area contributed by atoms with Crippen LogP contribution in [0, 0.1) is 10.1 Å². The summed E-state index contributed by atoms with van der Waals surface area (Å²) in [6.45, 7) is 2.08. The minimum atomic E-state index is -3.88. The molecule has 0 radical (unpaired) electrons. The van der Waals surface area contributed by atoms with Crippen molar-refractivity contribution in [3.63, 3.8) is 0 Å². The van der Waals surface area contributed by atoms with Crippen LogP contribution in [0.3, 0.4) is 0 Å². The van der Waals surface area contributed by atoms with Crippen molar-refractivity contribution in [3.8, 4) is 11.5 Å². The molecule has 12 heteroatoms. The summed E-state index contributed by atoms with van der Waals surface area (Å²) in [5.41, 5.74) is -0.0676. The van der Waals surface area contributed by atoms with Crippen LogP contribution >= 0.6 is 11.6 Å². The first-order chi connectivity index (χ1) is 14.1. The minimum absolute atomic E-state index is 0.00154. The van der Waals surface area contributed by atoms with Crippen molar-refractivity contribution in [1.29, 1.82) is 0 Å². The standard InChI is InChI=1S/C18H18ClN3O7S/c1-11(18(23)20-15-9-13(22(24)25)3-5-14(15)19)21(30(2,26)27)12-4-6-16-17(10-12)29-8-7-28-16/h3-6,9-11H,7-8H2,1-2H3,(H,20,23)/t11-/m1/s1. The summed E-state index contributed by atoms with van der Waals surface area (Å²) in [5, 5.41) is 13.5. The van der Waals surface area contributed by atoms with Gasteiger partial charge in [-0.3, -0.25) is 19.2 Å². The Bertz CT molecular complexity index is 1110. The van der Waals surface area contributed by atoms with E-state index in [0.29, 0.717) is 24.7 Å². The summed E-state index contributed by atoms with van der Waals surface area (Å²) >= 11 is 6.02. The number of hydrogen-bond donors (Lipinski definition) is 1. The predicted molar refractivity (Wildman–Crippen MR) is 111 cm³/mol. The average molecular weight is 456 g/mol. The number of nitro benzene ring substituents is 1. The number of carbonyl (C=O) groups is 1. The number of nitrogens with zero attached hydrogens (tertiary/aromatic N) is 2. The molecule has 1 atom stereocenters. The first-order valence-electron chi connectivity index (χ1n) is 8.72. The number of sulfonamides is 1. The zero-order valence-corrected chi connectivity index (χ0v) is 17.6. The molecule has 0 saturated carbocycles. The number of non-ortho nitro benzene ring substituents is 1. The molecule has 30 heavy (non-hydrogen) atoms. The first kappa shape index (κ1) is 21.7. The highest BCUT2D eigenvalue weighted by Gasteiger charge is 2.31. The lowest BCUT2D eigenvalue weighted by atomic mass is 10.2. The van der Waals surface area contributed by atoms with Crippen molar-refractivity contribution in [3.05, 3.63) is 51.5 Å². The highest BCUT2D eigenvalue weighted by molar-refractivity contribution is 7.92. The van der Waals surface area contributed by atoms with Gasteiger partial charge in [-0.25, -0.2) is 8.42 Å². The second-order valence-electron chi connectivity index (χ2n) is 6.47. The predicted octanol–water partition coefficient (Wildman–Crippen LogP) is 2.81. The molecule has 160 valence electrons. The van der Waals surface area contributed by atoms with Crippen LogP contribution in [-0.2, 0) is 14.8 Å². The number of amides is 1. The van der Waals surface area contributed by atoms with Gasteiger partial charge in [0.25, 0.3) is 5.69 Å². The van der Waals surface area contributed by atoms with Gasteiger partial charge in [0.15, 0.2) is 11.5 Å². The summed E-state index contributed by atoms with van der Waals surface area (Å²) in [4.78, 5) is 23.1. The van der Waals surface area contributed by atoms with E-state index in [0.717, 1.165) is 16.6 Å². The Labute approximate surface area is 177 Å². The summed E-state index contributed by atoms with van der Waals surface area (Å²) in [6.07, 6.45) is 0.966. The third-order valence-corrected chi connectivity index (χ3v) is 5.86. The van der Waals surface area contributed by atoms with Crippen LogP contribution in [0.5, 0.6) is 11.5 Å². The number of carbonyl (C=O) groups excluding carboxylic acids is 1. The van der Waals surface area contributed by atoms with E-state index in [1.165, 1.54) is 31.2 Å². The Balaban J connectivity index is 1.91. The number of halogens is 1. The second-order valence-corrected chi connectivity index (χ2v) is 8.74. The van der Waals surface area contributed by atoms with Gasteiger partial charge < -0.3 is 14.8 Å². The fourth-order valence-corrected chi connectivity index (χ4v) is 4.27. The SMILES string of the molecule is C[C@H](C(=O)Nc1cc([N+](=O)[O-])ccc1Cl)N(c1ccc2c(c1)OCCO2)S(C)(=O)=O. The molecule has 10 nitrogen and oxygen atoms in total. The van der Waals surface area contributed by atoms with Gasteiger partial charge >= 0.3 is 0 Å². The molecule has 1 aliphatic heterocycles. The zero-order valence-electron chi connectivity index (χ0n) is 16.0. The van der Waals surface area contributed by atoms with Crippen LogP contribution < -0.4 is 19.1 Å². The third-order valence-electron chi connectivity index (χ3n) is 4.29. The molecule has 0 spiro atoms. The first-order valence-corrected chi connectivity index (χ1v) is 10.9. The van der Waals surface area contributed by atoms with Crippen molar-refractivity contribution in [2.45, 2.75) is 13.0 Å². The second kappa shape index (κ2) is 8.36. The largest absolute Gasteiger partial charge is 0.486 e. The van der Waals surface area contributed by atoms with Gasteiger partial charge in [0.1, 0.15) is 19.3 Å². The Morgan fingerprint density at radius 1 is 1.20 bits per heavy atom. The molecule has 0 fully saturated rings. The number of rotatable bonds is 6. The van der Waals surface area contributed by atoms with Gasteiger partial charge in [-0.15, -0.1) is 0 Å². The zero-order chi connectivity index (χ0) is 22.1. The molecule has 0 bridgehead atoms. The van der Waals surface area contributed by atoms with Crippen LogP contribution in [0.25, 0.3) is 0 Å². The van der Waals surface area contributed by atoms with E-state index in [9.17, 15) is 23.3 Å². The van der Waals surface area contributed by atoms with Crippen LogP contribution in [0.15, 0.2) is 36.4 Å². The number of anilines is 2. The summed E-state index contributed by atoms with van der Waals surface area (Å²) < 4.78 is 36.8. The average Bonchev–Trinajstić information content (AvgIpc) is 2.68. The van der Waals surface area contributed by atoms with Crippen molar-refractivity contribution in [1.82, 2.24) is 0 Å². The fraction of sp³-hybridized carbons (Fsp3) is 0.278. The molecule has 3 rings (SSSR count). The van der Waals surface area contributed by atoms with Gasteiger partial charge in [-0.05, 0) is 25.1 Å². The normalized spacial score (nSPS) is 14.0. The molecule has 0 saturated heterocycles. The molecule has 2 aromatic rings. The van der Waals surface area contributed by atoms with E-state index in [4.69, 9.17) is 21.1 Å². The molecule has 1 heterocycles. The summed E-state index contributed by atoms with van der Waals surface area (Å²) in [7, 11) is -3.88. The van der Waals surface area contributed by atoms with E-state index < -0.39 is 26.9 Å². The van der Waals surface area contributed by atoms with Crippen LogP contribution in [0.1, 0.15) is 6.92 Å². The fourth-order valence-electron chi connectivity index (χ4n) is 2.94. The Morgan fingerprint density at radius 2 is 1.87 bits per heavy atom. The van der Waals surface area contributed by atoms with E-state index >= 15 is 0 Å². The Kier molecular flexibility index (Phi) is 6.04. The number of benzene rings is 2. The lowest BCUT2D eigenvalue weighted by molar-refractivity contribution is -0.384. The molecular formula is C18H18ClN3O7S. The molecule has 2 aromatic carbocycles. The molecule has 1 amide bonds. The summed E-state index contributed by atoms with van der Waals surface area (Å²) in [6, 6.07) is 6.90. The van der Waals surface area contributed by atoms with Gasteiger partial charge in [-0.2, -0.15) is 0 Å². The lowest BCUT2D eigenvalue weighted by Crippen LogP contribution is -2.45. The molecule has 1 N–H and O–H groups in total. The van der Waals surface area contributed by atoms with Gasteiger partial charge in [-0.1, -0.05) is 11.6 Å². The van der Waals surface area contributed by atoms with E-state index in [-0.39, 0.29) is 22.1 Å². The monoisotopic (exact) mass is 455 g/mol. The van der Waals surface area contributed by atoms with Crippen molar-refractivity contribution >= 4 is 44.6 Å². The maximum absolute atomic E-state index is 12.8. The van der Waals surface area contributed by atoms with E-state index in [1.54, 1.807) is 6.07 Å². The highest BCUT2D eigenvalue weighted by Crippen LogP contribution is 2.35. The highest BCUT2D eigenvalue weighted by atomic mass is 35.5. The number of ether oxygens (including phenoxy) is 2. The lowest BCUT2D eigenvalue weighted by Gasteiger charge is -2.29. The topological polar surface area (TPSA) is 128 Å². The van der Waals surface area contributed by atoms with E-state index in [2.05, 4.69) is 5.32 Å². The molecule has 0 unspecified atom stereocenters. The van der Waals surface area contributed by atoms with Crippen molar-refractivity contribution in [2.75, 3.05) is 29.1 Å².